The SMILES string of the molecule is C1=CC2=C(CC1)CCc1c2ccc2ccccc12.c1ccc2ncccc2c1.c1ccc2ncccc2c1. The zero-order chi connectivity index (χ0) is 25.6. The predicted molar refractivity (Wildman–Crippen MR) is 161 cm³/mol. The Morgan fingerprint density at radius 1 is 0.500 bits per heavy atom. The molecule has 0 spiro atoms. The second-order valence-corrected chi connectivity index (χ2v) is 9.66. The van der Waals surface area contributed by atoms with Gasteiger partial charge in [-0.15, -0.1) is 0 Å². The van der Waals surface area contributed by atoms with Gasteiger partial charge in [-0.3, -0.25) is 9.97 Å². The minimum atomic E-state index is 1.06. The van der Waals surface area contributed by atoms with Crippen molar-refractivity contribution < 1.29 is 0 Å². The van der Waals surface area contributed by atoms with Gasteiger partial charge in [-0.2, -0.15) is 0 Å². The summed E-state index contributed by atoms with van der Waals surface area (Å²) in [5, 5.41) is 5.22. The number of pyridine rings is 2. The monoisotopic (exact) mass is 490 g/mol. The van der Waals surface area contributed by atoms with E-state index in [2.05, 4.69) is 82.8 Å². The highest BCUT2D eigenvalue weighted by Gasteiger charge is 2.20. The third kappa shape index (κ3) is 5.12. The van der Waals surface area contributed by atoms with E-state index in [1.54, 1.807) is 11.1 Å². The molecule has 0 bridgehead atoms. The average molecular weight is 491 g/mol. The van der Waals surface area contributed by atoms with Crippen LogP contribution in [-0.4, -0.2) is 9.97 Å². The Kier molecular flexibility index (Phi) is 7.04. The van der Waals surface area contributed by atoms with Crippen LogP contribution in [0.1, 0.15) is 30.4 Å². The smallest absolute Gasteiger partial charge is 0.0701 e. The molecule has 2 aromatic heterocycles. The number of para-hydroxylation sites is 2. The number of nitrogens with zero attached hydrogens (tertiary/aromatic N) is 2. The Bertz CT molecular complexity index is 1580. The molecule has 38 heavy (non-hydrogen) atoms. The van der Waals surface area contributed by atoms with E-state index in [1.165, 1.54) is 58.4 Å². The molecule has 0 fully saturated rings. The molecule has 0 amide bonds. The normalized spacial score (nSPS) is 13.7. The van der Waals surface area contributed by atoms with Crippen molar-refractivity contribution in [2.75, 3.05) is 0 Å². The topological polar surface area (TPSA) is 25.8 Å². The van der Waals surface area contributed by atoms with Crippen LogP contribution in [0.2, 0.25) is 0 Å². The van der Waals surface area contributed by atoms with Crippen LogP contribution in [0.25, 0.3) is 38.2 Å². The lowest BCUT2D eigenvalue weighted by Gasteiger charge is -2.25. The number of allylic oxidation sites excluding steroid dienone is 4. The van der Waals surface area contributed by atoms with Crippen molar-refractivity contribution in [3.63, 3.8) is 0 Å². The van der Waals surface area contributed by atoms with Crippen LogP contribution < -0.4 is 0 Å². The van der Waals surface area contributed by atoms with E-state index in [9.17, 15) is 0 Å². The second kappa shape index (κ2) is 11.2. The molecule has 184 valence electrons. The van der Waals surface area contributed by atoms with E-state index in [-0.39, 0.29) is 0 Å². The number of rotatable bonds is 0. The second-order valence-electron chi connectivity index (χ2n) is 9.66. The van der Waals surface area contributed by atoms with Crippen LogP contribution in [0.5, 0.6) is 0 Å². The van der Waals surface area contributed by atoms with Gasteiger partial charge >= 0.3 is 0 Å². The summed E-state index contributed by atoms with van der Waals surface area (Å²) in [4.78, 5) is 8.36. The lowest BCUT2D eigenvalue weighted by Crippen LogP contribution is -2.06. The Morgan fingerprint density at radius 2 is 1.11 bits per heavy atom. The number of hydrogen-bond donors (Lipinski definition) is 0. The highest BCUT2D eigenvalue weighted by molar-refractivity contribution is 5.93. The van der Waals surface area contributed by atoms with Crippen molar-refractivity contribution in [1.82, 2.24) is 9.97 Å². The van der Waals surface area contributed by atoms with E-state index in [0.29, 0.717) is 0 Å². The fourth-order valence-electron chi connectivity index (χ4n) is 5.42. The highest BCUT2D eigenvalue weighted by atomic mass is 14.6. The molecule has 0 N–H and O–H groups in total. The maximum Gasteiger partial charge on any atom is 0.0701 e. The van der Waals surface area contributed by atoms with Crippen molar-refractivity contribution in [1.29, 1.82) is 0 Å². The third-order valence-electron chi connectivity index (χ3n) is 7.31. The lowest BCUT2D eigenvalue weighted by atomic mass is 9.80. The molecule has 0 radical (unpaired) electrons. The minimum absolute atomic E-state index is 1.06. The van der Waals surface area contributed by atoms with Gasteiger partial charge in [0.25, 0.3) is 0 Å². The van der Waals surface area contributed by atoms with E-state index in [0.717, 1.165) is 11.0 Å². The van der Waals surface area contributed by atoms with Gasteiger partial charge in [-0.1, -0.05) is 103 Å². The summed E-state index contributed by atoms with van der Waals surface area (Å²) in [6.07, 6.45) is 13.2. The van der Waals surface area contributed by atoms with Crippen molar-refractivity contribution in [2.24, 2.45) is 0 Å². The molecule has 0 saturated heterocycles. The van der Waals surface area contributed by atoms with Crippen LogP contribution in [0, 0.1) is 0 Å². The summed E-state index contributed by atoms with van der Waals surface area (Å²) >= 11 is 0. The largest absolute Gasteiger partial charge is 0.256 e. The van der Waals surface area contributed by atoms with Crippen molar-refractivity contribution in [2.45, 2.75) is 25.7 Å². The van der Waals surface area contributed by atoms with Crippen molar-refractivity contribution >= 4 is 38.2 Å². The van der Waals surface area contributed by atoms with Gasteiger partial charge in [0.1, 0.15) is 0 Å². The molecule has 8 rings (SSSR count). The van der Waals surface area contributed by atoms with E-state index >= 15 is 0 Å². The molecular formula is C36H30N2. The Hall–Kier alpha value is -4.56. The first-order valence-electron chi connectivity index (χ1n) is 13.4. The molecule has 0 aliphatic heterocycles. The van der Waals surface area contributed by atoms with Gasteiger partial charge in [-0.05, 0) is 77.4 Å². The summed E-state index contributed by atoms with van der Waals surface area (Å²) in [7, 11) is 0. The Balaban J connectivity index is 0.000000113. The number of aryl methyl sites for hydroxylation is 1. The Morgan fingerprint density at radius 3 is 1.79 bits per heavy atom. The first kappa shape index (κ1) is 23.8. The van der Waals surface area contributed by atoms with E-state index in [1.807, 2.05) is 60.9 Å². The first-order chi connectivity index (χ1) is 18.9. The molecule has 0 saturated carbocycles. The van der Waals surface area contributed by atoms with Gasteiger partial charge < -0.3 is 0 Å². The zero-order valence-corrected chi connectivity index (χ0v) is 21.4. The van der Waals surface area contributed by atoms with Crippen LogP contribution in [0.15, 0.2) is 139 Å². The zero-order valence-electron chi connectivity index (χ0n) is 21.4. The number of benzene rings is 4. The molecular weight excluding hydrogens is 460 g/mol. The standard InChI is InChI=1S/C18H16.2C9H7N/c1-3-7-15-13(5-1)9-11-18-16-8-4-2-6-14(16)10-12-17(15)18;2*1-2-6-9-8(4-1)5-3-7-10-9/h1,3-5,7-9,11H,2,6,10,12H2;2*1-7H. The average Bonchev–Trinajstić information content (AvgIpc) is 3.01. The first-order valence-corrected chi connectivity index (χ1v) is 13.4. The summed E-state index contributed by atoms with van der Waals surface area (Å²) in [5.41, 5.74) is 8.33. The van der Waals surface area contributed by atoms with E-state index < -0.39 is 0 Å². The van der Waals surface area contributed by atoms with Crippen molar-refractivity contribution in [3.8, 4) is 0 Å². The van der Waals surface area contributed by atoms with Gasteiger partial charge in [0.2, 0.25) is 0 Å². The number of hydrogen-bond acceptors (Lipinski definition) is 2. The van der Waals surface area contributed by atoms with Gasteiger partial charge in [0.15, 0.2) is 0 Å². The van der Waals surface area contributed by atoms with Gasteiger partial charge in [0, 0.05) is 23.2 Å². The number of fused-ring (bicyclic) bond motifs is 6. The fourth-order valence-corrected chi connectivity index (χ4v) is 5.42. The molecule has 0 unspecified atom stereocenters. The van der Waals surface area contributed by atoms with Gasteiger partial charge in [-0.25, -0.2) is 0 Å². The molecule has 4 aromatic carbocycles. The summed E-state index contributed by atoms with van der Waals surface area (Å²) in [6, 6.07) is 37.5. The molecule has 2 aliphatic rings. The predicted octanol–water partition coefficient (Wildman–Crippen LogP) is 9.36. The minimum Gasteiger partial charge on any atom is -0.256 e. The van der Waals surface area contributed by atoms with Crippen LogP contribution in [0.4, 0.5) is 0 Å². The Labute approximate surface area is 224 Å². The lowest BCUT2D eigenvalue weighted by molar-refractivity contribution is 0.831. The molecule has 2 heterocycles. The maximum atomic E-state index is 4.18. The maximum absolute atomic E-state index is 4.18. The number of aromatic nitrogens is 2. The summed E-state index contributed by atoms with van der Waals surface area (Å²) in [5.74, 6) is 0. The molecule has 2 aliphatic carbocycles. The molecule has 2 heteroatoms. The van der Waals surface area contributed by atoms with Crippen molar-refractivity contribution in [3.05, 3.63) is 150 Å². The van der Waals surface area contributed by atoms with Crippen LogP contribution in [-0.2, 0) is 6.42 Å². The quantitative estimate of drug-likeness (QED) is 0.212. The van der Waals surface area contributed by atoms with Crippen LogP contribution in [0.3, 0.4) is 0 Å². The summed E-state index contributed by atoms with van der Waals surface area (Å²) < 4.78 is 0. The molecule has 6 aromatic rings. The molecule has 0 atom stereocenters. The van der Waals surface area contributed by atoms with E-state index in [4.69, 9.17) is 0 Å². The fraction of sp³-hybridized carbons (Fsp3) is 0.111. The third-order valence-corrected chi connectivity index (χ3v) is 7.31. The van der Waals surface area contributed by atoms with Crippen LogP contribution >= 0.6 is 0 Å². The van der Waals surface area contributed by atoms with Gasteiger partial charge in [0.05, 0.1) is 11.0 Å². The highest BCUT2D eigenvalue weighted by Crippen LogP contribution is 2.39. The summed E-state index contributed by atoms with van der Waals surface area (Å²) in [6.45, 7) is 0. The molecule has 2 nitrogen and oxygen atoms in total.